The molecule has 106 valence electrons. The van der Waals surface area contributed by atoms with E-state index in [9.17, 15) is 9.90 Å². The molecule has 2 aromatic rings. The number of aromatic nitrogens is 1. The van der Waals surface area contributed by atoms with Crippen molar-refractivity contribution in [1.29, 1.82) is 0 Å². The average molecular weight is 308 g/mol. The zero-order valence-corrected chi connectivity index (χ0v) is 12.6. The number of thiophene rings is 1. The van der Waals surface area contributed by atoms with Crippen LogP contribution in [-0.2, 0) is 0 Å². The summed E-state index contributed by atoms with van der Waals surface area (Å²) in [6.07, 6.45) is 5.45. The van der Waals surface area contributed by atoms with Crippen LogP contribution in [-0.4, -0.2) is 28.1 Å². The second kappa shape index (κ2) is 5.63. The van der Waals surface area contributed by atoms with Crippen molar-refractivity contribution in [2.45, 2.75) is 31.2 Å². The van der Waals surface area contributed by atoms with E-state index in [1.165, 1.54) is 11.3 Å². The van der Waals surface area contributed by atoms with E-state index in [0.717, 1.165) is 35.6 Å². The number of hydrogen-bond donors (Lipinski definition) is 2. The molecule has 0 aromatic carbocycles. The Morgan fingerprint density at radius 2 is 2.25 bits per heavy atom. The Labute approximate surface area is 125 Å². The van der Waals surface area contributed by atoms with E-state index < -0.39 is 5.54 Å². The molecule has 0 unspecified atom stereocenters. The number of carbonyl (C=O) groups excluding carboxylic acids is 1. The van der Waals surface area contributed by atoms with E-state index in [-0.39, 0.29) is 12.5 Å². The van der Waals surface area contributed by atoms with Gasteiger partial charge in [-0.2, -0.15) is 0 Å². The molecule has 0 aliphatic heterocycles. The summed E-state index contributed by atoms with van der Waals surface area (Å²) in [4.78, 5) is 18.3. The van der Waals surface area contributed by atoms with Crippen molar-refractivity contribution < 1.29 is 9.90 Å². The lowest BCUT2D eigenvalue weighted by molar-refractivity contribution is 0.0842. The maximum atomic E-state index is 12.3. The Balaban J connectivity index is 1.74. The fourth-order valence-corrected chi connectivity index (χ4v) is 4.19. The molecule has 0 saturated heterocycles. The predicted octanol–water partition coefficient (Wildman–Crippen LogP) is 2.91. The van der Waals surface area contributed by atoms with E-state index in [4.69, 9.17) is 0 Å². The highest BCUT2D eigenvalue weighted by Crippen LogP contribution is 2.31. The highest BCUT2D eigenvalue weighted by atomic mass is 32.1. The zero-order chi connectivity index (χ0) is 14.0. The number of thiazole rings is 1. The summed E-state index contributed by atoms with van der Waals surface area (Å²) in [6, 6.07) is 3.97. The summed E-state index contributed by atoms with van der Waals surface area (Å²) in [5.74, 6) is -0.124. The van der Waals surface area contributed by atoms with Crippen molar-refractivity contribution >= 4 is 28.6 Å². The minimum Gasteiger partial charge on any atom is -0.394 e. The van der Waals surface area contributed by atoms with Gasteiger partial charge >= 0.3 is 0 Å². The molecule has 0 spiro atoms. The number of carbonyl (C=O) groups is 1. The number of aliphatic hydroxyl groups excluding tert-OH is 1. The molecule has 1 aliphatic rings. The molecule has 0 atom stereocenters. The number of hydrogen-bond acceptors (Lipinski definition) is 5. The summed E-state index contributed by atoms with van der Waals surface area (Å²) in [5, 5.41) is 15.4. The van der Waals surface area contributed by atoms with Crippen LogP contribution < -0.4 is 5.32 Å². The van der Waals surface area contributed by atoms with Gasteiger partial charge in [0.05, 0.1) is 23.2 Å². The van der Waals surface area contributed by atoms with Gasteiger partial charge < -0.3 is 10.4 Å². The van der Waals surface area contributed by atoms with Gasteiger partial charge in [0.2, 0.25) is 0 Å². The lowest BCUT2D eigenvalue weighted by atomic mass is 9.99. The zero-order valence-electron chi connectivity index (χ0n) is 11.0. The number of amides is 1. The quantitative estimate of drug-likeness (QED) is 0.913. The van der Waals surface area contributed by atoms with E-state index >= 15 is 0 Å². The first-order valence-corrected chi connectivity index (χ1v) is 8.35. The molecule has 20 heavy (non-hydrogen) atoms. The van der Waals surface area contributed by atoms with Crippen molar-refractivity contribution in [1.82, 2.24) is 10.3 Å². The van der Waals surface area contributed by atoms with Gasteiger partial charge in [0.15, 0.2) is 0 Å². The van der Waals surface area contributed by atoms with E-state index in [2.05, 4.69) is 10.3 Å². The summed E-state index contributed by atoms with van der Waals surface area (Å²) in [6.45, 7) is 0.00925. The lowest BCUT2D eigenvalue weighted by Crippen LogP contribution is -2.49. The standard InChI is InChI=1S/C14H16N2O2S2/c17-9-14(5-1-2-6-14)16-12(18)11-8-15-13(20-11)10-4-3-7-19-10/h3-4,7-8,17H,1-2,5-6,9H2,(H,16,18). The Hall–Kier alpha value is -1.24. The van der Waals surface area contributed by atoms with Crippen molar-refractivity contribution in [2.24, 2.45) is 0 Å². The number of aliphatic hydroxyl groups is 1. The summed E-state index contributed by atoms with van der Waals surface area (Å²) in [5.41, 5.74) is -0.426. The second-order valence-electron chi connectivity index (χ2n) is 5.11. The van der Waals surface area contributed by atoms with E-state index in [1.807, 2.05) is 17.5 Å². The van der Waals surface area contributed by atoms with Gasteiger partial charge in [0.25, 0.3) is 5.91 Å². The lowest BCUT2D eigenvalue weighted by Gasteiger charge is -2.27. The largest absolute Gasteiger partial charge is 0.394 e. The Morgan fingerprint density at radius 1 is 1.45 bits per heavy atom. The molecular weight excluding hydrogens is 292 g/mol. The minimum absolute atomic E-state index is 0.00925. The molecule has 2 N–H and O–H groups in total. The highest BCUT2D eigenvalue weighted by molar-refractivity contribution is 7.21. The number of rotatable bonds is 4. The monoisotopic (exact) mass is 308 g/mol. The molecule has 3 rings (SSSR count). The maximum absolute atomic E-state index is 12.3. The van der Waals surface area contributed by atoms with Gasteiger partial charge in [-0.25, -0.2) is 4.98 Å². The summed E-state index contributed by atoms with van der Waals surface area (Å²) < 4.78 is 0. The van der Waals surface area contributed by atoms with Crippen LogP contribution in [0.25, 0.3) is 9.88 Å². The summed E-state index contributed by atoms with van der Waals surface area (Å²) >= 11 is 3.01. The molecule has 4 nitrogen and oxygen atoms in total. The smallest absolute Gasteiger partial charge is 0.263 e. The van der Waals surface area contributed by atoms with Gasteiger partial charge in [-0.3, -0.25) is 4.79 Å². The van der Waals surface area contributed by atoms with Crippen molar-refractivity contribution in [3.63, 3.8) is 0 Å². The molecule has 0 radical (unpaired) electrons. The summed E-state index contributed by atoms with van der Waals surface area (Å²) in [7, 11) is 0. The van der Waals surface area contributed by atoms with Gasteiger partial charge in [-0.05, 0) is 24.3 Å². The molecular formula is C14H16N2O2S2. The van der Waals surface area contributed by atoms with Crippen molar-refractivity contribution in [3.8, 4) is 9.88 Å². The molecule has 1 amide bonds. The first kappa shape index (κ1) is 13.7. The second-order valence-corrected chi connectivity index (χ2v) is 7.08. The molecule has 1 saturated carbocycles. The van der Waals surface area contributed by atoms with Crippen LogP contribution >= 0.6 is 22.7 Å². The third kappa shape index (κ3) is 2.63. The van der Waals surface area contributed by atoms with Crippen LogP contribution in [0.1, 0.15) is 35.4 Å². The van der Waals surface area contributed by atoms with Gasteiger partial charge in [0, 0.05) is 0 Å². The molecule has 0 bridgehead atoms. The van der Waals surface area contributed by atoms with Gasteiger partial charge in [-0.15, -0.1) is 22.7 Å². The van der Waals surface area contributed by atoms with E-state index in [0.29, 0.717) is 4.88 Å². The van der Waals surface area contributed by atoms with Crippen molar-refractivity contribution in [2.75, 3.05) is 6.61 Å². The number of nitrogens with one attached hydrogen (secondary N) is 1. The Morgan fingerprint density at radius 3 is 2.90 bits per heavy atom. The average Bonchev–Trinajstić information content (AvgIpc) is 3.19. The minimum atomic E-state index is -0.426. The first-order valence-electron chi connectivity index (χ1n) is 6.65. The topological polar surface area (TPSA) is 62.2 Å². The van der Waals surface area contributed by atoms with Gasteiger partial charge in [-0.1, -0.05) is 18.9 Å². The molecule has 2 heterocycles. The number of nitrogens with zero attached hydrogens (tertiary/aromatic N) is 1. The molecule has 1 aliphatic carbocycles. The normalized spacial score (nSPS) is 17.2. The third-order valence-corrected chi connectivity index (χ3v) is 5.74. The SMILES string of the molecule is O=C(NC1(CO)CCCC1)c1cnc(-c2cccs2)s1. The Bertz CT molecular complexity index is 586. The fraction of sp³-hybridized carbons (Fsp3) is 0.429. The van der Waals surface area contributed by atoms with E-state index in [1.54, 1.807) is 17.5 Å². The highest BCUT2D eigenvalue weighted by Gasteiger charge is 2.35. The van der Waals surface area contributed by atoms with Crippen LogP contribution in [0.15, 0.2) is 23.7 Å². The van der Waals surface area contributed by atoms with Crippen LogP contribution in [0, 0.1) is 0 Å². The predicted molar refractivity (Wildman–Crippen MR) is 81.2 cm³/mol. The van der Waals surface area contributed by atoms with Crippen LogP contribution in [0.4, 0.5) is 0 Å². The van der Waals surface area contributed by atoms with Crippen molar-refractivity contribution in [3.05, 3.63) is 28.6 Å². The molecule has 1 fully saturated rings. The van der Waals surface area contributed by atoms with Crippen LogP contribution in [0.2, 0.25) is 0 Å². The first-order chi connectivity index (χ1) is 9.72. The molecule has 6 heteroatoms. The third-order valence-electron chi connectivity index (χ3n) is 3.70. The fourth-order valence-electron chi connectivity index (χ4n) is 2.57. The maximum Gasteiger partial charge on any atom is 0.263 e. The molecule has 2 aromatic heterocycles. The van der Waals surface area contributed by atoms with Crippen LogP contribution in [0.3, 0.4) is 0 Å². The van der Waals surface area contributed by atoms with Gasteiger partial charge in [0.1, 0.15) is 9.88 Å². The van der Waals surface area contributed by atoms with Crippen LogP contribution in [0.5, 0.6) is 0 Å². The Kier molecular flexibility index (Phi) is 3.87.